The number of ether oxygens (including phenoxy) is 1. The van der Waals surface area contributed by atoms with Crippen molar-refractivity contribution in [3.05, 3.63) is 18.2 Å². The first-order chi connectivity index (χ1) is 12.1. The molecule has 3 aliphatic rings. The Balaban J connectivity index is 1.40. The van der Waals surface area contributed by atoms with E-state index in [0.717, 1.165) is 32.6 Å². The number of nitrogens with one attached hydrogen (secondary N) is 1. The summed E-state index contributed by atoms with van der Waals surface area (Å²) in [6.07, 6.45) is 3.58. The van der Waals surface area contributed by atoms with E-state index in [4.69, 9.17) is 4.74 Å². The van der Waals surface area contributed by atoms with Crippen LogP contribution in [0.4, 0.5) is 16.2 Å². The van der Waals surface area contributed by atoms with Gasteiger partial charge in [0, 0.05) is 31.9 Å². The van der Waals surface area contributed by atoms with Gasteiger partial charge in [-0.2, -0.15) is 0 Å². The highest BCUT2D eigenvalue weighted by Crippen LogP contribution is 2.33. The van der Waals surface area contributed by atoms with Gasteiger partial charge in [0.25, 0.3) is 5.91 Å². The quantitative estimate of drug-likeness (QED) is 0.888. The summed E-state index contributed by atoms with van der Waals surface area (Å²) < 4.78 is 5.42. The number of rotatable bonds is 2. The third kappa shape index (κ3) is 3.16. The molecule has 7 nitrogen and oxygen atoms in total. The highest BCUT2D eigenvalue weighted by atomic mass is 16.5. The number of amides is 3. The largest absolute Gasteiger partial charge is 0.482 e. The first-order valence-electron chi connectivity index (χ1n) is 8.95. The number of hydrogen-bond acceptors (Lipinski definition) is 4. The lowest BCUT2D eigenvalue weighted by atomic mass is 10.2. The van der Waals surface area contributed by atoms with Crippen molar-refractivity contribution < 1.29 is 14.3 Å². The van der Waals surface area contributed by atoms with Crippen molar-refractivity contribution in [2.75, 3.05) is 50.1 Å². The molecule has 0 aromatic heterocycles. The smallest absolute Gasteiger partial charge is 0.321 e. The summed E-state index contributed by atoms with van der Waals surface area (Å²) in [5, 5.41) is 2.96. The molecule has 0 radical (unpaired) electrons. The molecular weight excluding hydrogens is 320 g/mol. The number of hydrogen-bond donors (Lipinski definition) is 1. The van der Waals surface area contributed by atoms with Crippen molar-refractivity contribution in [2.45, 2.75) is 25.3 Å². The molecule has 1 unspecified atom stereocenters. The summed E-state index contributed by atoms with van der Waals surface area (Å²) >= 11 is 0. The molecule has 3 amide bonds. The fourth-order valence-electron chi connectivity index (χ4n) is 3.88. The van der Waals surface area contributed by atoms with Gasteiger partial charge in [-0.3, -0.25) is 9.69 Å². The van der Waals surface area contributed by atoms with Crippen LogP contribution in [0.5, 0.6) is 5.75 Å². The van der Waals surface area contributed by atoms with E-state index in [9.17, 15) is 9.59 Å². The molecule has 3 aliphatic heterocycles. The molecule has 1 aromatic rings. The Morgan fingerprint density at radius 3 is 2.84 bits per heavy atom. The highest BCUT2D eigenvalue weighted by molar-refractivity contribution is 5.99. The van der Waals surface area contributed by atoms with Crippen molar-refractivity contribution in [1.82, 2.24) is 9.80 Å². The lowest BCUT2D eigenvalue weighted by molar-refractivity contribution is -0.120. The molecule has 2 saturated heterocycles. The average molecular weight is 344 g/mol. The molecule has 0 spiro atoms. The van der Waals surface area contributed by atoms with Gasteiger partial charge >= 0.3 is 6.03 Å². The van der Waals surface area contributed by atoms with Gasteiger partial charge in [0.2, 0.25) is 0 Å². The van der Waals surface area contributed by atoms with Gasteiger partial charge in [-0.05, 0) is 50.6 Å². The maximum Gasteiger partial charge on any atom is 0.321 e. The van der Waals surface area contributed by atoms with Crippen LogP contribution < -0.4 is 15.0 Å². The molecule has 0 aliphatic carbocycles. The summed E-state index contributed by atoms with van der Waals surface area (Å²) in [7, 11) is 1.72. The third-order valence-electron chi connectivity index (χ3n) is 5.40. The zero-order valence-electron chi connectivity index (χ0n) is 14.5. The van der Waals surface area contributed by atoms with E-state index in [1.165, 1.54) is 12.8 Å². The van der Waals surface area contributed by atoms with E-state index in [-0.39, 0.29) is 18.5 Å². The Morgan fingerprint density at radius 2 is 2.04 bits per heavy atom. The van der Waals surface area contributed by atoms with Gasteiger partial charge in [0.15, 0.2) is 6.61 Å². The fraction of sp³-hybridized carbons (Fsp3) is 0.556. The predicted molar refractivity (Wildman–Crippen MR) is 95.2 cm³/mol. The van der Waals surface area contributed by atoms with Crippen LogP contribution in [0.1, 0.15) is 19.3 Å². The first-order valence-corrected chi connectivity index (χ1v) is 8.95. The second-order valence-corrected chi connectivity index (χ2v) is 6.99. The van der Waals surface area contributed by atoms with Crippen molar-refractivity contribution in [1.29, 1.82) is 0 Å². The molecule has 1 atom stereocenters. The Labute approximate surface area is 147 Å². The monoisotopic (exact) mass is 344 g/mol. The Morgan fingerprint density at radius 1 is 1.24 bits per heavy atom. The molecule has 1 N–H and O–H groups in total. The fourth-order valence-corrected chi connectivity index (χ4v) is 3.88. The van der Waals surface area contributed by atoms with Gasteiger partial charge in [0.1, 0.15) is 5.75 Å². The molecule has 7 heteroatoms. The standard InChI is InChI=1S/C18H24N4O3/c1-20-15-10-13(4-5-16(15)25-12-17(20)23)19-18(24)22-9-6-14(11-22)21-7-2-3-8-21/h4-5,10,14H,2-3,6-9,11-12H2,1H3,(H,19,24). The van der Waals surface area contributed by atoms with Gasteiger partial charge in [-0.1, -0.05) is 0 Å². The summed E-state index contributed by atoms with van der Waals surface area (Å²) in [5.74, 6) is 0.569. The number of likely N-dealkylation sites (tertiary alicyclic amines) is 2. The molecule has 0 saturated carbocycles. The van der Waals surface area contributed by atoms with Crippen LogP contribution in [0.15, 0.2) is 18.2 Å². The number of urea groups is 1. The number of nitrogens with zero attached hydrogens (tertiary/aromatic N) is 3. The lowest BCUT2D eigenvalue weighted by Crippen LogP contribution is -2.38. The minimum absolute atomic E-state index is 0.0564. The molecule has 3 heterocycles. The highest BCUT2D eigenvalue weighted by Gasteiger charge is 2.31. The molecule has 25 heavy (non-hydrogen) atoms. The van der Waals surface area contributed by atoms with E-state index in [1.54, 1.807) is 24.1 Å². The predicted octanol–water partition coefficient (Wildman–Crippen LogP) is 1.74. The second-order valence-electron chi connectivity index (χ2n) is 6.99. The van der Waals surface area contributed by atoms with Crippen molar-refractivity contribution >= 4 is 23.3 Å². The van der Waals surface area contributed by atoms with Crippen LogP contribution in [0.3, 0.4) is 0 Å². The molecule has 134 valence electrons. The minimum atomic E-state index is -0.0935. The van der Waals surface area contributed by atoms with Crippen LogP contribution in [-0.4, -0.2) is 67.6 Å². The Bertz CT molecular complexity index is 687. The summed E-state index contributed by atoms with van der Waals surface area (Å²) in [6.45, 7) is 3.95. The summed E-state index contributed by atoms with van der Waals surface area (Å²) in [5.41, 5.74) is 1.36. The lowest BCUT2D eigenvalue weighted by Gasteiger charge is -2.27. The molecule has 2 fully saturated rings. The van der Waals surface area contributed by atoms with Gasteiger partial charge in [-0.25, -0.2) is 4.79 Å². The third-order valence-corrected chi connectivity index (χ3v) is 5.40. The average Bonchev–Trinajstić information content (AvgIpc) is 3.29. The van der Waals surface area contributed by atoms with Crippen LogP contribution in [0.25, 0.3) is 0 Å². The number of likely N-dealkylation sites (N-methyl/N-ethyl adjacent to an activating group) is 1. The van der Waals surface area contributed by atoms with Gasteiger partial charge in [0.05, 0.1) is 5.69 Å². The molecular formula is C18H24N4O3. The summed E-state index contributed by atoms with van der Waals surface area (Å²) in [4.78, 5) is 30.3. The molecule has 1 aromatic carbocycles. The van der Waals surface area contributed by atoms with Gasteiger partial charge < -0.3 is 19.9 Å². The van der Waals surface area contributed by atoms with Crippen LogP contribution >= 0.6 is 0 Å². The first kappa shape index (κ1) is 16.2. The van der Waals surface area contributed by atoms with E-state index >= 15 is 0 Å². The normalized spacial score (nSPS) is 23.6. The van der Waals surface area contributed by atoms with Crippen molar-refractivity contribution in [3.63, 3.8) is 0 Å². The van der Waals surface area contributed by atoms with Crippen molar-refractivity contribution in [3.8, 4) is 5.75 Å². The van der Waals surface area contributed by atoms with E-state index < -0.39 is 0 Å². The zero-order chi connectivity index (χ0) is 17.4. The number of benzene rings is 1. The van der Waals surface area contributed by atoms with Crippen LogP contribution in [0, 0.1) is 0 Å². The second kappa shape index (κ2) is 6.55. The maximum atomic E-state index is 12.6. The maximum absolute atomic E-state index is 12.6. The van der Waals surface area contributed by atoms with Crippen LogP contribution in [0.2, 0.25) is 0 Å². The topological polar surface area (TPSA) is 65.1 Å². The van der Waals surface area contributed by atoms with E-state index in [1.807, 2.05) is 11.0 Å². The number of carbonyl (C=O) groups is 2. The molecule has 4 rings (SSSR count). The minimum Gasteiger partial charge on any atom is -0.482 e. The number of fused-ring (bicyclic) bond motifs is 1. The Hall–Kier alpha value is -2.28. The van der Waals surface area contributed by atoms with Gasteiger partial charge in [-0.15, -0.1) is 0 Å². The van der Waals surface area contributed by atoms with Crippen molar-refractivity contribution in [2.24, 2.45) is 0 Å². The molecule has 0 bridgehead atoms. The zero-order valence-corrected chi connectivity index (χ0v) is 14.5. The van der Waals surface area contributed by atoms with E-state index in [0.29, 0.717) is 23.2 Å². The van der Waals surface area contributed by atoms with Crippen LogP contribution in [-0.2, 0) is 4.79 Å². The summed E-state index contributed by atoms with van der Waals surface area (Å²) in [6, 6.07) is 5.82. The SMILES string of the molecule is CN1C(=O)COc2ccc(NC(=O)N3CCC(N4CCCC4)C3)cc21. The van der Waals surface area contributed by atoms with E-state index in [2.05, 4.69) is 10.2 Å². The number of carbonyl (C=O) groups excluding carboxylic acids is 2. The Kier molecular flexibility index (Phi) is 4.25. The number of anilines is 2.